The van der Waals surface area contributed by atoms with Crippen LogP contribution < -0.4 is 14.8 Å². The maximum Gasteiger partial charge on any atom is 0.341 e. The van der Waals surface area contributed by atoms with E-state index in [4.69, 9.17) is 18.9 Å². The molecule has 0 spiro atoms. The van der Waals surface area contributed by atoms with Crippen LogP contribution in [0.5, 0.6) is 23.0 Å². The SMILES string of the molecule is CC(=O)O[C@H]1[C@H](C)[C@H](O)[C@H](C)[C@@H](O)[C@@H](C)/C=C/C=C(/C)C(=O)Nc2cc(OCC(=O)O)c3c4c(c(C)c(O)c3c2O)O[C@](C)(O/C=C/[C@H](CO)[C@H]1C)C4=O. The summed E-state index contributed by atoms with van der Waals surface area (Å²) in [5.74, 6) is -10.5. The molecule has 0 radical (unpaired) electrons. The fraction of sp³-hybridized carbons (Fsp3) is 0.487. The fourth-order valence-electron chi connectivity index (χ4n) is 6.90. The molecule has 5 bridgehead atoms. The lowest BCUT2D eigenvalue weighted by molar-refractivity contribution is -0.159. The minimum Gasteiger partial charge on any atom is -0.507 e. The zero-order chi connectivity index (χ0) is 40.4. The van der Waals surface area contributed by atoms with Crippen LogP contribution in [0.4, 0.5) is 5.69 Å². The van der Waals surface area contributed by atoms with Crippen LogP contribution >= 0.6 is 0 Å². The van der Waals surface area contributed by atoms with Gasteiger partial charge in [-0.05, 0) is 19.9 Å². The highest BCUT2D eigenvalue weighted by atomic mass is 16.7. The fourth-order valence-corrected chi connectivity index (χ4v) is 6.90. The maximum absolute atomic E-state index is 14.2. The first-order chi connectivity index (χ1) is 25.2. The molecule has 1 amide bonds. The lowest BCUT2D eigenvalue weighted by atomic mass is 9.76. The van der Waals surface area contributed by atoms with Crippen LogP contribution in [0.25, 0.3) is 10.8 Å². The van der Waals surface area contributed by atoms with Gasteiger partial charge in [0.25, 0.3) is 11.7 Å². The highest BCUT2D eigenvalue weighted by molar-refractivity contribution is 6.21. The molecule has 0 saturated heterocycles. The third-order valence-corrected chi connectivity index (χ3v) is 10.3. The zero-order valence-corrected chi connectivity index (χ0v) is 31.4. The average Bonchev–Trinajstić information content (AvgIpc) is 3.38. The van der Waals surface area contributed by atoms with Gasteiger partial charge in [0, 0.05) is 72.6 Å². The molecule has 0 saturated carbocycles. The highest BCUT2D eigenvalue weighted by Gasteiger charge is 2.49. The number of nitrogens with one attached hydrogen (secondary N) is 1. The quantitative estimate of drug-likeness (QED) is 0.168. The number of rotatable bonds is 5. The topological polar surface area (TPSA) is 239 Å². The molecule has 3 aliphatic heterocycles. The summed E-state index contributed by atoms with van der Waals surface area (Å²) >= 11 is 0. The summed E-state index contributed by atoms with van der Waals surface area (Å²) in [7, 11) is 0. The van der Waals surface area contributed by atoms with Crippen molar-refractivity contribution < 1.29 is 68.8 Å². The van der Waals surface area contributed by atoms with E-state index in [2.05, 4.69) is 5.32 Å². The number of amides is 1. The Morgan fingerprint density at radius 3 is 2.24 bits per heavy atom. The molecule has 0 aromatic heterocycles. The van der Waals surface area contributed by atoms with Crippen molar-refractivity contribution in [1.82, 2.24) is 0 Å². The molecule has 9 atom stereocenters. The second-order valence-electron chi connectivity index (χ2n) is 14.2. The number of phenolic OH excluding ortho intramolecular Hbond substituents is 2. The number of esters is 1. The Balaban J connectivity index is 1.93. The number of anilines is 1. The number of ketones is 1. The molecule has 294 valence electrons. The predicted molar refractivity (Wildman–Crippen MR) is 195 cm³/mol. The van der Waals surface area contributed by atoms with Gasteiger partial charge in [0.05, 0.1) is 35.1 Å². The van der Waals surface area contributed by atoms with Crippen LogP contribution in [0, 0.1) is 36.5 Å². The van der Waals surface area contributed by atoms with Crippen molar-refractivity contribution in [2.75, 3.05) is 18.5 Å². The number of allylic oxidation sites excluding steroid dienone is 2. The number of hydrogen-bond acceptors (Lipinski definition) is 13. The Bertz CT molecular complexity index is 1900. The minimum absolute atomic E-state index is 0.0148. The standard InChI is InChI=1S/C39H49NO14/c1-17-10-9-11-18(2)38(50)40-25-14-26(51-16-27(43)44)28-29(34(25)48)33(47)22(6)36-30(28)37(49)39(8,54-36)52-13-12-24(15-41)19(3)35(53-23(7)42)21(5)32(46)20(4)31(17)45/h9-14,17,19-21,24,31-32,35,41,45-48H,15-16H2,1-8H3,(H,40,50)(H,43,44)/b10-9+,13-12+,18-11-/t17-,19+,20+,21+,24+,31-,32+,35+,39-/m0/s1. The minimum atomic E-state index is -2.08. The van der Waals surface area contributed by atoms with Crippen LogP contribution in [0.3, 0.4) is 0 Å². The number of hydrogen-bond donors (Lipinski definition) is 7. The Morgan fingerprint density at radius 1 is 0.963 bits per heavy atom. The number of aliphatic carboxylic acids is 1. The van der Waals surface area contributed by atoms with E-state index in [9.17, 15) is 49.8 Å². The van der Waals surface area contributed by atoms with Gasteiger partial charge >= 0.3 is 17.7 Å². The maximum atomic E-state index is 14.2. The molecule has 2 aromatic carbocycles. The van der Waals surface area contributed by atoms with Crippen molar-refractivity contribution in [1.29, 1.82) is 0 Å². The first-order valence-corrected chi connectivity index (χ1v) is 17.5. The zero-order valence-electron chi connectivity index (χ0n) is 31.4. The summed E-state index contributed by atoms with van der Waals surface area (Å²) in [5, 5.41) is 67.3. The number of ether oxygens (including phenoxy) is 4. The Kier molecular flexibility index (Phi) is 12.7. The summed E-state index contributed by atoms with van der Waals surface area (Å²) in [4.78, 5) is 51.3. The number of phenols is 2. The lowest BCUT2D eigenvalue weighted by Crippen LogP contribution is -2.45. The van der Waals surface area contributed by atoms with E-state index in [-0.39, 0.29) is 44.7 Å². The molecule has 15 nitrogen and oxygen atoms in total. The van der Waals surface area contributed by atoms with Gasteiger partial charge in [-0.15, -0.1) is 0 Å². The van der Waals surface area contributed by atoms with Crippen LogP contribution in [0.2, 0.25) is 0 Å². The molecule has 7 N–H and O–H groups in total. The van der Waals surface area contributed by atoms with Gasteiger partial charge in [0.2, 0.25) is 0 Å². The molecule has 0 unspecified atom stereocenters. The largest absolute Gasteiger partial charge is 0.507 e. The highest BCUT2D eigenvalue weighted by Crippen LogP contribution is 2.54. The number of carboxylic acid groups (broad SMARTS) is 1. The van der Waals surface area contributed by atoms with E-state index in [1.165, 1.54) is 45.9 Å². The van der Waals surface area contributed by atoms with Crippen molar-refractivity contribution in [3.63, 3.8) is 0 Å². The first-order valence-electron chi connectivity index (χ1n) is 17.5. The van der Waals surface area contributed by atoms with Gasteiger partial charge in [-0.2, -0.15) is 0 Å². The van der Waals surface area contributed by atoms with Gasteiger partial charge in [-0.1, -0.05) is 45.9 Å². The van der Waals surface area contributed by atoms with Crippen molar-refractivity contribution in [3.8, 4) is 23.0 Å². The van der Waals surface area contributed by atoms with Gasteiger partial charge in [0.15, 0.2) is 12.4 Å². The normalized spacial score (nSPS) is 31.5. The summed E-state index contributed by atoms with van der Waals surface area (Å²) in [6.07, 6.45) is 4.00. The van der Waals surface area contributed by atoms with Crippen molar-refractivity contribution in [2.45, 2.75) is 79.5 Å². The molecule has 15 heteroatoms. The Morgan fingerprint density at radius 2 is 1.63 bits per heavy atom. The number of carbonyl (C=O) groups is 4. The summed E-state index contributed by atoms with van der Waals surface area (Å²) in [6.45, 7) is 10.8. The van der Waals surface area contributed by atoms with Gasteiger partial charge < -0.3 is 54.9 Å². The van der Waals surface area contributed by atoms with E-state index < -0.39 is 102 Å². The number of aliphatic hydroxyl groups excluding tert-OH is 3. The summed E-state index contributed by atoms with van der Waals surface area (Å²) in [6, 6.07) is 1.12. The molecule has 3 heterocycles. The molecule has 3 aliphatic rings. The molecule has 5 rings (SSSR count). The molecular weight excluding hydrogens is 706 g/mol. The summed E-state index contributed by atoms with van der Waals surface area (Å²) < 4.78 is 23.1. The second-order valence-corrected chi connectivity index (χ2v) is 14.2. The van der Waals surface area contributed by atoms with E-state index in [0.717, 1.165) is 12.3 Å². The third kappa shape index (κ3) is 8.17. The van der Waals surface area contributed by atoms with Crippen molar-refractivity contribution in [2.24, 2.45) is 29.6 Å². The number of carboxylic acids is 1. The van der Waals surface area contributed by atoms with Crippen molar-refractivity contribution >= 4 is 40.1 Å². The third-order valence-electron chi connectivity index (χ3n) is 10.3. The smallest absolute Gasteiger partial charge is 0.341 e. The molecule has 0 aliphatic carbocycles. The predicted octanol–water partition coefficient (Wildman–Crippen LogP) is 4.11. The number of benzene rings is 2. The van der Waals surface area contributed by atoms with Crippen LogP contribution in [0.1, 0.15) is 64.4 Å². The monoisotopic (exact) mass is 755 g/mol. The first kappa shape index (κ1) is 41.6. The number of fused-ring (bicyclic) bond motifs is 14. The van der Waals surface area contributed by atoms with E-state index >= 15 is 0 Å². The summed E-state index contributed by atoms with van der Waals surface area (Å²) in [5.41, 5.74) is -0.303. The van der Waals surface area contributed by atoms with Crippen LogP contribution in [-0.2, 0) is 23.9 Å². The Hall–Kier alpha value is -5.12. The van der Waals surface area contributed by atoms with Crippen molar-refractivity contribution in [3.05, 3.63) is 53.3 Å². The van der Waals surface area contributed by atoms with E-state index in [0.29, 0.717) is 0 Å². The molecule has 0 fully saturated rings. The van der Waals surface area contributed by atoms with E-state index in [1.54, 1.807) is 33.8 Å². The van der Waals surface area contributed by atoms with E-state index in [1.807, 2.05) is 0 Å². The van der Waals surface area contributed by atoms with Crippen LogP contribution in [-0.4, -0.2) is 91.6 Å². The van der Waals surface area contributed by atoms with Gasteiger partial charge in [-0.25, -0.2) is 4.79 Å². The molecule has 2 aromatic rings. The number of aromatic hydroxyl groups is 2. The molecular formula is C39H49NO14. The lowest BCUT2D eigenvalue weighted by Gasteiger charge is -2.38. The second kappa shape index (κ2) is 16.5. The number of aliphatic hydroxyl groups is 3. The molecule has 54 heavy (non-hydrogen) atoms. The average molecular weight is 756 g/mol. The number of carbonyl (C=O) groups excluding carboxylic acids is 3. The van der Waals surface area contributed by atoms with Gasteiger partial charge in [-0.3, -0.25) is 14.4 Å². The van der Waals surface area contributed by atoms with Crippen LogP contribution in [0.15, 0.2) is 42.2 Å². The number of Topliss-reactive ketones (excluding diaryl/α,β-unsaturated/α-hetero) is 1. The Labute approximate surface area is 312 Å². The van der Waals surface area contributed by atoms with Gasteiger partial charge in [0.1, 0.15) is 23.4 Å².